The lowest BCUT2D eigenvalue weighted by molar-refractivity contribution is 0.205. The number of aromatic nitrogens is 2. The number of likely N-dealkylation sites (tertiary alicyclic amines) is 1. The van der Waals surface area contributed by atoms with Crippen molar-refractivity contribution >= 4 is 34.4 Å². The number of hydrogen-bond acceptors (Lipinski definition) is 2. The summed E-state index contributed by atoms with van der Waals surface area (Å²) in [6.45, 7) is 0.716. The van der Waals surface area contributed by atoms with Crippen LogP contribution in [0.4, 0.5) is 10.5 Å². The highest BCUT2D eigenvalue weighted by atomic mass is 35.5. The lowest BCUT2D eigenvalue weighted by Gasteiger charge is -2.23. The van der Waals surface area contributed by atoms with Crippen LogP contribution in [0.1, 0.15) is 24.7 Å². The molecule has 2 aromatic carbocycles. The highest BCUT2D eigenvalue weighted by Gasteiger charge is 2.32. The summed E-state index contributed by atoms with van der Waals surface area (Å²) in [5.41, 5.74) is 2.62. The van der Waals surface area contributed by atoms with E-state index in [0.29, 0.717) is 17.3 Å². The van der Waals surface area contributed by atoms with Crippen molar-refractivity contribution < 1.29 is 4.79 Å². The maximum absolute atomic E-state index is 12.7. The molecule has 122 valence electrons. The molecule has 2 heterocycles. The number of fused-ring (bicyclic) bond motifs is 1. The van der Waals surface area contributed by atoms with Crippen LogP contribution in [0.3, 0.4) is 0 Å². The molecule has 0 bridgehead atoms. The van der Waals surface area contributed by atoms with Crippen molar-refractivity contribution in [1.29, 1.82) is 0 Å². The second kappa shape index (κ2) is 6.17. The molecule has 0 unspecified atom stereocenters. The first-order chi connectivity index (χ1) is 11.7. The van der Waals surface area contributed by atoms with Crippen molar-refractivity contribution in [1.82, 2.24) is 14.9 Å². The van der Waals surface area contributed by atoms with Crippen LogP contribution in [0.25, 0.3) is 11.0 Å². The second-order valence-electron chi connectivity index (χ2n) is 5.93. The normalized spacial score (nSPS) is 17.4. The molecular formula is C18H17ClN4O. The topological polar surface area (TPSA) is 61.0 Å². The lowest BCUT2D eigenvalue weighted by Crippen LogP contribution is -2.34. The first kappa shape index (κ1) is 15.0. The van der Waals surface area contributed by atoms with Crippen LogP contribution in [0.5, 0.6) is 0 Å². The van der Waals surface area contributed by atoms with Crippen molar-refractivity contribution in [3.8, 4) is 0 Å². The smallest absolute Gasteiger partial charge is 0.322 e. The number of hydrogen-bond donors (Lipinski definition) is 2. The quantitative estimate of drug-likeness (QED) is 0.717. The highest BCUT2D eigenvalue weighted by Crippen LogP contribution is 2.32. The molecule has 2 amide bonds. The fourth-order valence-corrected chi connectivity index (χ4v) is 3.38. The number of imidazole rings is 1. The van der Waals surface area contributed by atoms with Crippen molar-refractivity contribution in [2.45, 2.75) is 18.9 Å². The molecule has 3 aromatic rings. The van der Waals surface area contributed by atoms with Gasteiger partial charge in [-0.15, -0.1) is 0 Å². The Kier molecular flexibility index (Phi) is 3.86. The van der Waals surface area contributed by atoms with E-state index in [2.05, 4.69) is 15.3 Å². The zero-order valence-corrected chi connectivity index (χ0v) is 13.8. The number of halogens is 1. The van der Waals surface area contributed by atoms with Gasteiger partial charge >= 0.3 is 6.03 Å². The van der Waals surface area contributed by atoms with Gasteiger partial charge in [0.15, 0.2) is 0 Å². The van der Waals surface area contributed by atoms with Gasteiger partial charge in [-0.2, -0.15) is 0 Å². The standard InChI is InChI=1S/C18H17ClN4O/c19-12-5-3-6-13(11-12)20-18(24)23-10-4-9-16(23)17-21-14-7-1-2-8-15(14)22-17/h1-3,5-8,11,16H,4,9-10H2,(H,20,24)(H,21,22)/t16-/m1/s1. The summed E-state index contributed by atoms with van der Waals surface area (Å²) < 4.78 is 0. The van der Waals surface area contributed by atoms with Crippen molar-refractivity contribution in [3.63, 3.8) is 0 Å². The van der Waals surface area contributed by atoms with Gasteiger partial charge in [0.2, 0.25) is 0 Å². The first-order valence-corrected chi connectivity index (χ1v) is 8.36. The van der Waals surface area contributed by atoms with Crippen LogP contribution in [0.2, 0.25) is 5.02 Å². The fourth-order valence-electron chi connectivity index (χ4n) is 3.19. The number of H-pyrrole nitrogens is 1. The summed E-state index contributed by atoms with van der Waals surface area (Å²) in [4.78, 5) is 22.5. The highest BCUT2D eigenvalue weighted by molar-refractivity contribution is 6.30. The summed E-state index contributed by atoms with van der Waals surface area (Å²) in [5.74, 6) is 0.843. The van der Waals surface area contributed by atoms with Gasteiger partial charge in [-0.1, -0.05) is 29.8 Å². The average molecular weight is 341 g/mol. The van der Waals surface area contributed by atoms with Crippen molar-refractivity contribution in [3.05, 3.63) is 59.4 Å². The molecule has 1 fully saturated rings. The number of para-hydroxylation sites is 2. The molecule has 6 heteroatoms. The van der Waals surface area contributed by atoms with E-state index in [-0.39, 0.29) is 12.1 Å². The third-order valence-electron chi connectivity index (χ3n) is 4.31. The molecule has 0 spiro atoms. The number of nitrogens with one attached hydrogen (secondary N) is 2. The Morgan fingerprint density at radius 3 is 2.96 bits per heavy atom. The Bertz CT molecular complexity index is 858. The van der Waals surface area contributed by atoms with E-state index in [9.17, 15) is 4.79 Å². The largest absolute Gasteiger partial charge is 0.340 e. The molecule has 1 atom stereocenters. The minimum absolute atomic E-state index is 0.0309. The average Bonchev–Trinajstić information content (AvgIpc) is 3.21. The number of nitrogens with zero attached hydrogens (tertiary/aromatic N) is 2. The number of amides is 2. The molecule has 2 N–H and O–H groups in total. The van der Waals surface area contributed by atoms with E-state index in [0.717, 1.165) is 29.7 Å². The minimum atomic E-state index is -0.125. The van der Waals surface area contributed by atoms with Crippen molar-refractivity contribution in [2.75, 3.05) is 11.9 Å². The predicted octanol–water partition coefficient (Wildman–Crippen LogP) is 4.59. The van der Waals surface area contributed by atoms with E-state index in [1.54, 1.807) is 12.1 Å². The zero-order valence-electron chi connectivity index (χ0n) is 13.0. The maximum atomic E-state index is 12.7. The summed E-state index contributed by atoms with van der Waals surface area (Å²) >= 11 is 5.98. The summed E-state index contributed by atoms with van der Waals surface area (Å²) in [6, 6.07) is 14.9. The minimum Gasteiger partial charge on any atom is -0.340 e. The molecule has 1 aromatic heterocycles. The lowest BCUT2D eigenvalue weighted by atomic mass is 10.2. The zero-order chi connectivity index (χ0) is 16.5. The molecule has 1 saturated heterocycles. The Morgan fingerprint density at radius 1 is 1.25 bits per heavy atom. The fraction of sp³-hybridized carbons (Fsp3) is 0.222. The molecule has 0 saturated carbocycles. The number of urea groups is 1. The third-order valence-corrected chi connectivity index (χ3v) is 4.55. The molecule has 0 aliphatic carbocycles. The Balaban J connectivity index is 1.56. The summed E-state index contributed by atoms with van der Waals surface area (Å²) in [5, 5.41) is 3.52. The predicted molar refractivity (Wildman–Crippen MR) is 95.2 cm³/mol. The summed E-state index contributed by atoms with van der Waals surface area (Å²) in [7, 11) is 0. The van der Waals surface area contributed by atoms with Gasteiger partial charge in [-0.05, 0) is 43.2 Å². The molecule has 0 radical (unpaired) electrons. The van der Waals surface area contributed by atoms with Gasteiger partial charge in [0.1, 0.15) is 5.82 Å². The van der Waals surface area contributed by atoms with Crippen LogP contribution in [-0.2, 0) is 0 Å². The Labute approximate surface area is 144 Å². The van der Waals surface area contributed by atoms with Gasteiger partial charge in [0.05, 0.1) is 17.1 Å². The van der Waals surface area contributed by atoms with E-state index in [1.165, 1.54) is 0 Å². The van der Waals surface area contributed by atoms with Gasteiger partial charge in [-0.25, -0.2) is 9.78 Å². The molecular weight excluding hydrogens is 324 g/mol. The monoisotopic (exact) mass is 340 g/mol. The number of aromatic amines is 1. The first-order valence-electron chi connectivity index (χ1n) is 7.98. The number of carbonyl (C=O) groups is 1. The number of rotatable bonds is 2. The molecule has 1 aliphatic heterocycles. The van der Waals surface area contributed by atoms with Crippen LogP contribution < -0.4 is 5.32 Å². The molecule has 24 heavy (non-hydrogen) atoms. The number of carbonyl (C=O) groups excluding carboxylic acids is 1. The van der Waals surface area contributed by atoms with Gasteiger partial charge in [0, 0.05) is 17.3 Å². The Hall–Kier alpha value is -2.53. The molecule has 1 aliphatic rings. The van der Waals surface area contributed by atoms with E-state index < -0.39 is 0 Å². The van der Waals surface area contributed by atoms with Crippen LogP contribution in [0.15, 0.2) is 48.5 Å². The van der Waals surface area contributed by atoms with Crippen LogP contribution >= 0.6 is 11.6 Å². The van der Waals surface area contributed by atoms with E-state index in [1.807, 2.05) is 41.3 Å². The maximum Gasteiger partial charge on any atom is 0.322 e. The van der Waals surface area contributed by atoms with Crippen LogP contribution in [-0.4, -0.2) is 27.4 Å². The van der Waals surface area contributed by atoms with Gasteiger partial charge in [0.25, 0.3) is 0 Å². The number of anilines is 1. The summed E-state index contributed by atoms with van der Waals surface area (Å²) in [6.07, 6.45) is 1.87. The van der Waals surface area contributed by atoms with Crippen molar-refractivity contribution in [2.24, 2.45) is 0 Å². The second-order valence-corrected chi connectivity index (χ2v) is 6.37. The SMILES string of the molecule is O=C(Nc1cccc(Cl)c1)N1CCC[C@@H]1c1nc2ccccc2[nH]1. The van der Waals surface area contributed by atoms with E-state index >= 15 is 0 Å². The van der Waals surface area contributed by atoms with Crippen LogP contribution in [0, 0.1) is 0 Å². The van der Waals surface area contributed by atoms with Gasteiger partial charge in [-0.3, -0.25) is 0 Å². The van der Waals surface area contributed by atoms with E-state index in [4.69, 9.17) is 11.6 Å². The van der Waals surface area contributed by atoms with Gasteiger partial charge < -0.3 is 15.2 Å². The third kappa shape index (κ3) is 2.83. The molecule has 5 nitrogen and oxygen atoms in total. The molecule has 4 rings (SSSR count). The number of benzene rings is 2. The Morgan fingerprint density at radius 2 is 2.12 bits per heavy atom.